The maximum absolute atomic E-state index is 13.7. The second-order valence-corrected chi connectivity index (χ2v) is 12.7. The lowest BCUT2D eigenvalue weighted by atomic mass is 10.0. The quantitative estimate of drug-likeness (QED) is 0.0662. The zero-order chi connectivity index (χ0) is 29.9. The second kappa shape index (κ2) is 12.1. The lowest BCUT2D eigenvalue weighted by molar-refractivity contribution is 0.102. The molecule has 42 heavy (non-hydrogen) atoms. The third-order valence-electron chi connectivity index (χ3n) is 6.53. The van der Waals surface area contributed by atoms with Crippen molar-refractivity contribution >= 4 is 49.0 Å². The maximum atomic E-state index is 13.7. The van der Waals surface area contributed by atoms with Crippen molar-refractivity contribution in [3.63, 3.8) is 0 Å². The number of hydrogen-bond acceptors (Lipinski definition) is 8. The van der Waals surface area contributed by atoms with E-state index in [9.17, 15) is 13.2 Å². The van der Waals surface area contributed by atoms with Crippen molar-refractivity contribution in [2.75, 3.05) is 5.32 Å². The number of anilines is 1. The Morgan fingerprint density at radius 3 is 2.60 bits per heavy atom. The largest absolute Gasteiger partial charge is 0.409 e. The second-order valence-electron chi connectivity index (χ2n) is 9.93. The summed E-state index contributed by atoms with van der Waals surface area (Å²) in [6, 6.07) is 21.5. The molecule has 0 aliphatic heterocycles. The molecule has 0 aliphatic carbocycles. The fourth-order valence-electron chi connectivity index (χ4n) is 4.31. The molecule has 0 fully saturated rings. The van der Waals surface area contributed by atoms with Crippen LogP contribution >= 0.6 is 11.3 Å². The summed E-state index contributed by atoms with van der Waals surface area (Å²) in [6.07, 6.45) is 0.249. The van der Waals surface area contributed by atoms with E-state index < -0.39 is 22.0 Å². The van der Waals surface area contributed by atoms with Crippen molar-refractivity contribution in [2.24, 2.45) is 10.9 Å². The molecule has 0 aliphatic rings. The SMILES string of the molecule is CC(C)c1cc(C(=O)Nc2cccc(S(=O)(=O)NC(Cc3cccc(/C(N)=N\O)c3)c3nc4ccccc4s3)c2)n[nH]1. The Bertz CT molecular complexity index is 1850. The molecule has 1 atom stereocenters. The Labute approximate surface area is 246 Å². The molecular weight excluding hydrogens is 574 g/mol. The Morgan fingerprint density at radius 1 is 1.07 bits per heavy atom. The highest BCUT2D eigenvalue weighted by atomic mass is 32.2. The van der Waals surface area contributed by atoms with Crippen LogP contribution in [0.15, 0.2) is 88.9 Å². The van der Waals surface area contributed by atoms with Gasteiger partial charge in [0.05, 0.1) is 21.2 Å². The fourth-order valence-corrected chi connectivity index (χ4v) is 6.65. The number of benzene rings is 3. The number of carbonyl (C=O) groups excluding carboxylic acids is 1. The first-order valence-electron chi connectivity index (χ1n) is 13.0. The molecule has 0 saturated heterocycles. The topological polar surface area (TPSA) is 175 Å². The molecule has 0 radical (unpaired) electrons. The Kier molecular flexibility index (Phi) is 8.34. The van der Waals surface area contributed by atoms with Crippen molar-refractivity contribution in [1.29, 1.82) is 0 Å². The van der Waals surface area contributed by atoms with Gasteiger partial charge in [-0.3, -0.25) is 9.89 Å². The van der Waals surface area contributed by atoms with Gasteiger partial charge >= 0.3 is 0 Å². The molecule has 5 aromatic rings. The summed E-state index contributed by atoms with van der Waals surface area (Å²) in [5.74, 6) is -0.341. The minimum atomic E-state index is -4.07. The molecule has 0 bridgehead atoms. The van der Waals surface area contributed by atoms with Crippen LogP contribution in [0, 0.1) is 0 Å². The average Bonchev–Trinajstić information content (AvgIpc) is 3.65. The minimum absolute atomic E-state index is 0.0262. The number of nitrogens with two attached hydrogens (primary N) is 1. The van der Waals surface area contributed by atoms with Crippen molar-refractivity contribution < 1.29 is 18.4 Å². The van der Waals surface area contributed by atoms with E-state index in [0.717, 1.165) is 21.5 Å². The molecule has 11 nitrogen and oxygen atoms in total. The van der Waals surface area contributed by atoms with Gasteiger partial charge in [0.2, 0.25) is 10.0 Å². The molecule has 0 spiro atoms. The van der Waals surface area contributed by atoms with E-state index in [-0.39, 0.29) is 28.8 Å². The summed E-state index contributed by atoms with van der Waals surface area (Å²) in [5.41, 5.74) is 9.12. The number of rotatable bonds is 10. The number of aromatic nitrogens is 3. The van der Waals surface area contributed by atoms with E-state index in [4.69, 9.17) is 15.9 Å². The molecule has 3 aromatic carbocycles. The fraction of sp³-hybridized carbons (Fsp3) is 0.172. The first-order valence-corrected chi connectivity index (χ1v) is 15.3. The van der Waals surface area contributed by atoms with Crippen LogP contribution in [0.5, 0.6) is 0 Å². The normalized spacial score (nSPS) is 13.0. The van der Waals surface area contributed by atoms with Crippen LogP contribution in [0.2, 0.25) is 0 Å². The molecule has 1 unspecified atom stereocenters. The number of sulfonamides is 1. The molecule has 0 saturated carbocycles. The summed E-state index contributed by atoms with van der Waals surface area (Å²) < 4.78 is 31.1. The molecule has 1 amide bonds. The minimum Gasteiger partial charge on any atom is -0.409 e. The van der Waals surface area contributed by atoms with Crippen molar-refractivity contribution in [2.45, 2.75) is 37.1 Å². The van der Waals surface area contributed by atoms with E-state index in [1.165, 1.54) is 23.5 Å². The molecule has 6 N–H and O–H groups in total. The Hall–Kier alpha value is -4.59. The molecule has 216 valence electrons. The summed E-state index contributed by atoms with van der Waals surface area (Å²) >= 11 is 1.40. The van der Waals surface area contributed by atoms with E-state index in [0.29, 0.717) is 16.3 Å². The van der Waals surface area contributed by atoms with Crippen LogP contribution in [-0.4, -0.2) is 40.5 Å². The van der Waals surface area contributed by atoms with Crippen molar-refractivity contribution in [3.8, 4) is 0 Å². The van der Waals surface area contributed by atoms with Crippen molar-refractivity contribution in [1.82, 2.24) is 19.9 Å². The van der Waals surface area contributed by atoms with Gasteiger partial charge in [0, 0.05) is 16.9 Å². The highest BCUT2D eigenvalue weighted by molar-refractivity contribution is 7.89. The number of amides is 1. The van der Waals surface area contributed by atoms with Gasteiger partial charge in [0.15, 0.2) is 11.5 Å². The van der Waals surface area contributed by atoms with Crippen LogP contribution in [0.4, 0.5) is 5.69 Å². The van der Waals surface area contributed by atoms with Gasteiger partial charge in [-0.15, -0.1) is 11.3 Å². The van der Waals surface area contributed by atoms with Crippen LogP contribution in [0.25, 0.3) is 10.2 Å². The van der Waals surface area contributed by atoms with Gasteiger partial charge in [-0.25, -0.2) is 18.1 Å². The maximum Gasteiger partial charge on any atom is 0.276 e. The third kappa shape index (κ3) is 6.48. The van der Waals surface area contributed by atoms with Gasteiger partial charge in [0.25, 0.3) is 5.91 Å². The van der Waals surface area contributed by atoms with E-state index in [2.05, 4.69) is 25.4 Å². The number of H-pyrrole nitrogens is 1. The highest BCUT2D eigenvalue weighted by Crippen LogP contribution is 2.30. The predicted octanol–water partition coefficient (Wildman–Crippen LogP) is 4.75. The molecule has 5 rings (SSSR count). The summed E-state index contributed by atoms with van der Waals surface area (Å²) in [7, 11) is -4.07. The van der Waals surface area contributed by atoms with Gasteiger partial charge in [-0.05, 0) is 60.4 Å². The number of carbonyl (C=O) groups is 1. The van der Waals surface area contributed by atoms with Crippen molar-refractivity contribution in [3.05, 3.63) is 106 Å². The number of nitrogens with zero attached hydrogens (tertiary/aromatic N) is 3. The number of aromatic amines is 1. The predicted molar refractivity (Wildman–Crippen MR) is 162 cm³/mol. The Balaban J connectivity index is 1.43. The summed E-state index contributed by atoms with van der Waals surface area (Å²) in [6.45, 7) is 3.96. The standard InChI is InChI=1S/C29H29N7O4S2/c1-17(2)23-16-24(34-33-23)28(37)31-20-9-6-10-21(15-20)42(39,40)36-25(29-32-22-11-3-4-12-26(22)41-29)14-18-7-5-8-19(13-18)27(30)35-38/h3-13,15-17,25,36,38H,14H2,1-2H3,(H2,30,35)(H,31,37)(H,33,34). The molecule has 2 heterocycles. The number of amidine groups is 1. The van der Waals surface area contributed by atoms with E-state index in [1.807, 2.05) is 44.2 Å². The van der Waals surface area contributed by atoms with E-state index in [1.54, 1.807) is 36.4 Å². The molecule has 13 heteroatoms. The highest BCUT2D eigenvalue weighted by Gasteiger charge is 2.25. The lowest BCUT2D eigenvalue weighted by Crippen LogP contribution is -2.30. The van der Waals surface area contributed by atoms with Gasteiger partial charge in [-0.2, -0.15) is 5.10 Å². The first kappa shape index (κ1) is 28.9. The van der Waals surface area contributed by atoms with Gasteiger partial charge < -0.3 is 16.3 Å². The van der Waals surface area contributed by atoms with Crippen LogP contribution in [0.1, 0.15) is 58.1 Å². The van der Waals surface area contributed by atoms with Gasteiger partial charge in [0.1, 0.15) is 5.01 Å². The lowest BCUT2D eigenvalue weighted by Gasteiger charge is -2.18. The zero-order valence-electron chi connectivity index (χ0n) is 22.8. The number of fused-ring (bicyclic) bond motifs is 1. The third-order valence-corrected chi connectivity index (χ3v) is 9.15. The average molecular weight is 604 g/mol. The number of hydrogen-bond donors (Lipinski definition) is 5. The molecule has 2 aromatic heterocycles. The number of para-hydroxylation sites is 1. The first-order chi connectivity index (χ1) is 20.1. The molecular formula is C29H29N7O4S2. The number of nitrogens with one attached hydrogen (secondary N) is 3. The summed E-state index contributed by atoms with van der Waals surface area (Å²) in [4.78, 5) is 17.4. The smallest absolute Gasteiger partial charge is 0.276 e. The monoisotopic (exact) mass is 603 g/mol. The van der Waals surface area contributed by atoms with Crippen LogP contribution < -0.4 is 15.8 Å². The van der Waals surface area contributed by atoms with E-state index >= 15 is 0 Å². The van der Waals surface area contributed by atoms with Crippen LogP contribution in [0.3, 0.4) is 0 Å². The van der Waals surface area contributed by atoms with Crippen LogP contribution in [-0.2, 0) is 16.4 Å². The van der Waals surface area contributed by atoms with Gasteiger partial charge in [-0.1, -0.05) is 55.4 Å². The Morgan fingerprint density at radius 2 is 1.86 bits per heavy atom. The number of thiazole rings is 1. The zero-order valence-corrected chi connectivity index (χ0v) is 24.4. The number of oxime groups is 1. The summed E-state index contributed by atoms with van der Waals surface area (Å²) in [5, 5.41) is 22.4.